The lowest BCUT2D eigenvalue weighted by Gasteiger charge is -2.23. The van der Waals surface area contributed by atoms with E-state index in [9.17, 15) is 4.79 Å². The number of rotatable bonds is 8. The largest absolute Gasteiger partial charge is 0.352 e. The highest BCUT2D eigenvalue weighted by Gasteiger charge is 2.24. The smallest absolute Gasteiger partial charge is 0.234 e. The maximum atomic E-state index is 11.8. The highest BCUT2D eigenvalue weighted by Crippen LogP contribution is 2.22. The Morgan fingerprint density at radius 2 is 1.90 bits per heavy atom. The highest BCUT2D eigenvalue weighted by atomic mass is 16.2. The Hall–Kier alpha value is -1.35. The van der Waals surface area contributed by atoms with Crippen molar-refractivity contribution in [3.63, 3.8) is 0 Å². The summed E-state index contributed by atoms with van der Waals surface area (Å²) in [5, 5.41) is 6.43. The van der Waals surface area contributed by atoms with E-state index in [4.69, 9.17) is 0 Å². The predicted octanol–water partition coefficient (Wildman–Crippen LogP) is 3.20. The maximum Gasteiger partial charge on any atom is 0.234 e. The van der Waals surface area contributed by atoms with Crippen molar-refractivity contribution in [1.29, 1.82) is 0 Å². The second kappa shape index (κ2) is 7.60. The number of nitrogens with one attached hydrogen (secondary N) is 2. The number of carbonyl (C=O) groups excluding carboxylic acids is 1. The molecule has 1 aromatic rings. The van der Waals surface area contributed by atoms with Crippen LogP contribution in [0.25, 0.3) is 0 Å². The summed E-state index contributed by atoms with van der Waals surface area (Å²) in [4.78, 5) is 11.8. The van der Waals surface area contributed by atoms with E-state index in [0.717, 1.165) is 19.3 Å². The molecule has 0 bridgehead atoms. The van der Waals surface area contributed by atoms with Gasteiger partial charge in [-0.3, -0.25) is 4.79 Å². The molecule has 0 saturated heterocycles. The van der Waals surface area contributed by atoms with Gasteiger partial charge < -0.3 is 10.6 Å². The van der Waals surface area contributed by atoms with Crippen molar-refractivity contribution < 1.29 is 4.79 Å². The Morgan fingerprint density at radius 1 is 1.24 bits per heavy atom. The van der Waals surface area contributed by atoms with Crippen LogP contribution < -0.4 is 10.6 Å². The van der Waals surface area contributed by atoms with Gasteiger partial charge in [0.15, 0.2) is 0 Å². The molecule has 1 unspecified atom stereocenters. The highest BCUT2D eigenvalue weighted by molar-refractivity contribution is 5.78. The molecule has 3 nitrogen and oxygen atoms in total. The minimum atomic E-state index is 0.116. The summed E-state index contributed by atoms with van der Waals surface area (Å²) >= 11 is 0. The van der Waals surface area contributed by atoms with Gasteiger partial charge in [0.1, 0.15) is 0 Å². The molecule has 1 saturated carbocycles. The summed E-state index contributed by atoms with van der Waals surface area (Å²) in [6, 6.07) is 9.47. The first-order valence-corrected chi connectivity index (χ1v) is 8.21. The Balaban J connectivity index is 1.92. The zero-order valence-electron chi connectivity index (χ0n) is 13.5. The zero-order chi connectivity index (χ0) is 15.2. The van der Waals surface area contributed by atoms with Crippen LogP contribution in [0.1, 0.15) is 57.2 Å². The van der Waals surface area contributed by atoms with Crippen molar-refractivity contribution in [3.8, 4) is 0 Å². The number of benzene rings is 1. The molecule has 1 fully saturated rings. The Labute approximate surface area is 128 Å². The van der Waals surface area contributed by atoms with Gasteiger partial charge in [-0.15, -0.1) is 0 Å². The number of hydrogen-bond donors (Lipinski definition) is 2. The molecule has 1 amide bonds. The molecule has 2 N–H and O–H groups in total. The van der Waals surface area contributed by atoms with Crippen LogP contribution in [0.15, 0.2) is 24.3 Å². The lowest BCUT2D eigenvalue weighted by Crippen LogP contribution is -2.38. The average molecular weight is 288 g/mol. The molecular weight excluding hydrogens is 260 g/mol. The van der Waals surface area contributed by atoms with Gasteiger partial charge >= 0.3 is 0 Å². The van der Waals surface area contributed by atoms with Crippen LogP contribution >= 0.6 is 0 Å². The van der Waals surface area contributed by atoms with Gasteiger partial charge in [-0.2, -0.15) is 0 Å². The first-order valence-electron chi connectivity index (χ1n) is 8.21. The Kier molecular flexibility index (Phi) is 5.80. The molecule has 2 rings (SSSR count). The third-order valence-electron chi connectivity index (χ3n) is 3.97. The molecule has 116 valence electrons. The van der Waals surface area contributed by atoms with E-state index >= 15 is 0 Å². The van der Waals surface area contributed by atoms with E-state index in [2.05, 4.69) is 55.7 Å². The molecule has 0 aromatic heterocycles. The van der Waals surface area contributed by atoms with Gasteiger partial charge in [0.2, 0.25) is 5.91 Å². The van der Waals surface area contributed by atoms with Crippen LogP contribution in [-0.4, -0.2) is 18.5 Å². The van der Waals surface area contributed by atoms with E-state index in [-0.39, 0.29) is 11.9 Å². The summed E-state index contributed by atoms with van der Waals surface area (Å²) in [5.41, 5.74) is 2.65. The number of aryl methyl sites for hydroxylation is 1. The first kappa shape index (κ1) is 16.0. The van der Waals surface area contributed by atoms with E-state index in [1.54, 1.807) is 0 Å². The third kappa shape index (κ3) is 5.16. The molecule has 1 aliphatic rings. The quantitative estimate of drug-likeness (QED) is 0.771. The van der Waals surface area contributed by atoms with Crippen molar-refractivity contribution in [2.45, 2.75) is 58.5 Å². The van der Waals surface area contributed by atoms with Crippen LogP contribution in [0.4, 0.5) is 0 Å². The standard InChI is InChI=1S/C18H28N2O/c1-4-5-14-6-8-15(9-7-14)18(13(2)3)19-12-17(21)20-16-10-11-16/h6-9,13,16,18-19H,4-5,10-12H2,1-3H3,(H,20,21). The van der Waals surface area contributed by atoms with E-state index < -0.39 is 0 Å². The zero-order valence-corrected chi connectivity index (χ0v) is 13.5. The molecule has 0 aliphatic heterocycles. The normalized spacial score (nSPS) is 16.0. The molecule has 1 atom stereocenters. The van der Waals surface area contributed by atoms with Crippen molar-refractivity contribution >= 4 is 5.91 Å². The van der Waals surface area contributed by atoms with Gasteiger partial charge in [0.05, 0.1) is 6.54 Å². The minimum Gasteiger partial charge on any atom is -0.352 e. The number of carbonyl (C=O) groups is 1. The van der Waals surface area contributed by atoms with Gasteiger partial charge in [-0.1, -0.05) is 51.5 Å². The topological polar surface area (TPSA) is 41.1 Å². The maximum absolute atomic E-state index is 11.8. The molecule has 0 spiro atoms. The fraction of sp³-hybridized carbons (Fsp3) is 0.611. The Morgan fingerprint density at radius 3 is 2.43 bits per heavy atom. The summed E-state index contributed by atoms with van der Waals surface area (Å²) in [6.45, 7) is 6.98. The average Bonchev–Trinajstić information content (AvgIpc) is 3.24. The lowest BCUT2D eigenvalue weighted by atomic mass is 9.94. The van der Waals surface area contributed by atoms with Crippen LogP contribution in [0, 0.1) is 5.92 Å². The van der Waals surface area contributed by atoms with Crippen molar-refractivity contribution in [3.05, 3.63) is 35.4 Å². The van der Waals surface area contributed by atoms with Crippen LogP contribution in [0.2, 0.25) is 0 Å². The lowest BCUT2D eigenvalue weighted by molar-refractivity contribution is -0.120. The van der Waals surface area contributed by atoms with Crippen molar-refractivity contribution in [2.75, 3.05) is 6.54 Å². The summed E-state index contributed by atoms with van der Waals surface area (Å²) in [5.74, 6) is 0.571. The second-order valence-electron chi connectivity index (χ2n) is 6.44. The molecule has 21 heavy (non-hydrogen) atoms. The van der Waals surface area contributed by atoms with Gasteiger partial charge in [0, 0.05) is 12.1 Å². The molecule has 0 heterocycles. The summed E-state index contributed by atoms with van der Waals surface area (Å²) in [7, 11) is 0. The Bertz CT molecular complexity index is 449. The summed E-state index contributed by atoms with van der Waals surface area (Å²) < 4.78 is 0. The van der Waals surface area contributed by atoms with E-state index in [1.807, 2.05) is 0 Å². The molecule has 1 aromatic carbocycles. The van der Waals surface area contributed by atoms with Gasteiger partial charge in [-0.25, -0.2) is 0 Å². The molecule has 0 radical (unpaired) electrons. The van der Waals surface area contributed by atoms with E-state index in [1.165, 1.54) is 17.5 Å². The fourth-order valence-corrected chi connectivity index (χ4v) is 2.63. The van der Waals surface area contributed by atoms with Crippen LogP contribution in [0.5, 0.6) is 0 Å². The van der Waals surface area contributed by atoms with Crippen LogP contribution in [0.3, 0.4) is 0 Å². The minimum absolute atomic E-state index is 0.116. The van der Waals surface area contributed by atoms with Crippen LogP contribution in [-0.2, 0) is 11.2 Å². The monoisotopic (exact) mass is 288 g/mol. The molecule has 3 heteroatoms. The van der Waals surface area contributed by atoms with Gasteiger partial charge in [-0.05, 0) is 36.3 Å². The van der Waals surface area contributed by atoms with Gasteiger partial charge in [0.25, 0.3) is 0 Å². The third-order valence-corrected chi connectivity index (χ3v) is 3.97. The second-order valence-corrected chi connectivity index (χ2v) is 6.44. The molecule has 1 aliphatic carbocycles. The SMILES string of the molecule is CCCc1ccc(C(NCC(=O)NC2CC2)C(C)C)cc1. The number of hydrogen-bond acceptors (Lipinski definition) is 2. The molecular formula is C18H28N2O. The summed E-state index contributed by atoms with van der Waals surface area (Å²) in [6.07, 6.45) is 4.58. The number of amides is 1. The first-order chi connectivity index (χ1) is 10.1. The predicted molar refractivity (Wildman–Crippen MR) is 87.2 cm³/mol. The van der Waals surface area contributed by atoms with Crippen molar-refractivity contribution in [1.82, 2.24) is 10.6 Å². The van der Waals surface area contributed by atoms with E-state index in [0.29, 0.717) is 18.5 Å². The van der Waals surface area contributed by atoms with Crippen molar-refractivity contribution in [2.24, 2.45) is 5.92 Å². The fourth-order valence-electron chi connectivity index (χ4n) is 2.63.